The molecule has 0 aromatic heterocycles. The summed E-state index contributed by atoms with van der Waals surface area (Å²) in [5.41, 5.74) is 2.16. The number of carbonyl (C=O) groups excluding carboxylic acids is 1. The molecule has 0 aliphatic carbocycles. The van der Waals surface area contributed by atoms with Gasteiger partial charge in [0.2, 0.25) is 0 Å². The summed E-state index contributed by atoms with van der Waals surface area (Å²) in [4.78, 5) is 13.8. The van der Waals surface area contributed by atoms with Gasteiger partial charge >= 0.3 is 0 Å². The first-order chi connectivity index (χ1) is 8.20. The SMILES string of the molecule is CC1CCCCN1CC1CCC(C(=O)NN)O1. The minimum atomic E-state index is -0.343. The molecule has 0 saturated carbocycles. The van der Waals surface area contributed by atoms with Crippen molar-refractivity contribution in [2.45, 2.75) is 57.3 Å². The molecule has 0 aromatic carbocycles. The van der Waals surface area contributed by atoms with Crippen LogP contribution in [0.5, 0.6) is 0 Å². The van der Waals surface area contributed by atoms with Gasteiger partial charge in [-0.25, -0.2) is 5.84 Å². The summed E-state index contributed by atoms with van der Waals surface area (Å²) in [6.45, 7) is 4.39. The lowest BCUT2D eigenvalue weighted by molar-refractivity contribution is -0.132. The van der Waals surface area contributed by atoms with Crippen LogP contribution in [0.4, 0.5) is 0 Å². The Morgan fingerprint density at radius 2 is 2.24 bits per heavy atom. The van der Waals surface area contributed by atoms with Crippen LogP contribution in [0.2, 0.25) is 0 Å². The zero-order chi connectivity index (χ0) is 12.3. The summed E-state index contributed by atoms with van der Waals surface area (Å²) in [6, 6.07) is 0.648. The number of nitrogens with zero attached hydrogens (tertiary/aromatic N) is 1. The summed E-state index contributed by atoms with van der Waals surface area (Å²) in [5.74, 6) is 4.92. The molecule has 3 atom stereocenters. The molecular formula is C12H23N3O2. The Bertz CT molecular complexity index is 272. The van der Waals surface area contributed by atoms with Crippen LogP contribution in [0.3, 0.4) is 0 Å². The van der Waals surface area contributed by atoms with Crippen molar-refractivity contribution >= 4 is 5.91 Å². The van der Waals surface area contributed by atoms with E-state index in [0.717, 1.165) is 25.9 Å². The number of carbonyl (C=O) groups is 1. The van der Waals surface area contributed by atoms with Crippen molar-refractivity contribution in [3.8, 4) is 0 Å². The molecule has 17 heavy (non-hydrogen) atoms. The Morgan fingerprint density at radius 3 is 2.94 bits per heavy atom. The zero-order valence-electron chi connectivity index (χ0n) is 10.5. The maximum Gasteiger partial charge on any atom is 0.263 e. The van der Waals surface area contributed by atoms with Crippen LogP contribution in [0.15, 0.2) is 0 Å². The first-order valence-corrected chi connectivity index (χ1v) is 6.60. The van der Waals surface area contributed by atoms with Crippen molar-refractivity contribution in [3.63, 3.8) is 0 Å². The smallest absolute Gasteiger partial charge is 0.263 e. The number of likely N-dealkylation sites (tertiary alicyclic amines) is 1. The molecule has 3 unspecified atom stereocenters. The standard InChI is InChI=1S/C12H23N3O2/c1-9-4-2-3-7-15(9)8-10-5-6-11(17-10)12(16)14-13/h9-11H,2-8,13H2,1H3,(H,14,16). The van der Waals surface area contributed by atoms with Gasteiger partial charge in [-0.2, -0.15) is 0 Å². The van der Waals surface area contributed by atoms with E-state index >= 15 is 0 Å². The molecule has 2 aliphatic rings. The average Bonchev–Trinajstić information content (AvgIpc) is 2.80. The van der Waals surface area contributed by atoms with Gasteiger partial charge in [-0.3, -0.25) is 15.1 Å². The van der Waals surface area contributed by atoms with E-state index < -0.39 is 0 Å². The second kappa shape index (κ2) is 5.80. The van der Waals surface area contributed by atoms with Crippen molar-refractivity contribution in [2.75, 3.05) is 13.1 Å². The van der Waals surface area contributed by atoms with Crippen LogP contribution >= 0.6 is 0 Å². The van der Waals surface area contributed by atoms with Crippen molar-refractivity contribution in [1.82, 2.24) is 10.3 Å². The lowest BCUT2D eigenvalue weighted by Gasteiger charge is -2.34. The second-order valence-electron chi connectivity index (χ2n) is 5.17. The van der Waals surface area contributed by atoms with Gasteiger partial charge < -0.3 is 4.74 Å². The maximum atomic E-state index is 11.3. The second-order valence-corrected chi connectivity index (χ2v) is 5.17. The third-order valence-electron chi connectivity index (χ3n) is 3.92. The molecule has 0 spiro atoms. The molecule has 2 saturated heterocycles. The van der Waals surface area contributed by atoms with Crippen LogP contribution in [-0.2, 0) is 9.53 Å². The molecule has 3 N–H and O–H groups in total. The summed E-state index contributed by atoms with van der Waals surface area (Å²) >= 11 is 0. The van der Waals surface area contributed by atoms with Crippen molar-refractivity contribution in [2.24, 2.45) is 5.84 Å². The fourth-order valence-electron chi connectivity index (χ4n) is 2.82. The molecule has 5 nitrogen and oxygen atoms in total. The summed E-state index contributed by atoms with van der Waals surface area (Å²) < 4.78 is 5.73. The highest BCUT2D eigenvalue weighted by Crippen LogP contribution is 2.23. The third kappa shape index (κ3) is 3.18. The van der Waals surface area contributed by atoms with E-state index in [1.807, 2.05) is 0 Å². The van der Waals surface area contributed by atoms with E-state index in [1.165, 1.54) is 19.3 Å². The number of amides is 1. The minimum Gasteiger partial charge on any atom is -0.364 e. The molecule has 2 fully saturated rings. The Balaban J connectivity index is 1.79. The van der Waals surface area contributed by atoms with Crippen molar-refractivity contribution < 1.29 is 9.53 Å². The maximum absolute atomic E-state index is 11.3. The summed E-state index contributed by atoms with van der Waals surface area (Å²) in [7, 11) is 0. The lowest BCUT2D eigenvalue weighted by Crippen LogP contribution is -2.43. The summed E-state index contributed by atoms with van der Waals surface area (Å²) in [5, 5.41) is 0. The molecule has 5 heteroatoms. The van der Waals surface area contributed by atoms with Gasteiger partial charge in [0.25, 0.3) is 5.91 Å². The van der Waals surface area contributed by atoms with Gasteiger partial charge in [-0.15, -0.1) is 0 Å². The first-order valence-electron chi connectivity index (χ1n) is 6.60. The van der Waals surface area contributed by atoms with Crippen LogP contribution in [0, 0.1) is 0 Å². The Hall–Kier alpha value is -0.650. The molecule has 0 aromatic rings. The molecule has 0 radical (unpaired) electrons. The van der Waals surface area contributed by atoms with E-state index in [2.05, 4.69) is 17.2 Å². The molecule has 98 valence electrons. The monoisotopic (exact) mass is 241 g/mol. The topological polar surface area (TPSA) is 67.6 Å². The zero-order valence-corrected chi connectivity index (χ0v) is 10.5. The van der Waals surface area contributed by atoms with E-state index in [1.54, 1.807) is 0 Å². The Morgan fingerprint density at radius 1 is 1.41 bits per heavy atom. The van der Waals surface area contributed by atoms with Gasteiger partial charge in [0.05, 0.1) is 6.10 Å². The van der Waals surface area contributed by atoms with Gasteiger partial charge in [-0.05, 0) is 39.2 Å². The van der Waals surface area contributed by atoms with E-state index in [4.69, 9.17) is 10.6 Å². The molecule has 2 aliphatic heterocycles. The van der Waals surface area contributed by atoms with Crippen molar-refractivity contribution in [3.05, 3.63) is 0 Å². The van der Waals surface area contributed by atoms with Gasteiger partial charge in [0.1, 0.15) is 6.10 Å². The first kappa shape index (κ1) is 12.8. The molecular weight excluding hydrogens is 218 g/mol. The molecule has 0 bridgehead atoms. The van der Waals surface area contributed by atoms with Crippen LogP contribution in [-0.4, -0.2) is 42.1 Å². The Labute approximate surface area is 103 Å². The van der Waals surface area contributed by atoms with Gasteiger partial charge in [0, 0.05) is 12.6 Å². The fourth-order valence-corrected chi connectivity index (χ4v) is 2.82. The molecule has 1 amide bonds. The number of nitrogens with two attached hydrogens (primary N) is 1. The predicted molar refractivity (Wildman–Crippen MR) is 65.1 cm³/mol. The number of hydrazine groups is 1. The number of rotatable bonds is 3. The predicted octanol–water partition coefficient (Wildman–Crippen LogP) is 0.398. The number of piperidine rings is 1. The molecule has 2 rings (SSSR count). The van der Waals surface area contributed by atoms with Gasteiger partial charge in [-0.1, -0.05) is 6.42 Å². The number of hydrogen-bond donors (Lipinski definition) is 2. The van der Waals surface area contributed by atoms with Crippen LogP contribution in [0.25, 0.3) is 0 Å². The summed E-state index contributed by atoms with van der Waals surface area (Å²) in [6.07, 6.45) is 5.49. The third-order valence-corrected chi connectivity index (χ3v) is 3.92. The van der Waals surface area contributed by atoms with Crippen molar-refractivity contribution in [1.29, 1.82) is 0 Å². The highest BCUT2D eigenvalue weighted by molar-refractivity contribution is 5.80. The number of ether oxygens (including phenoxy) is 1. The highest BCUT2D eigenvalue weighted by atomic mass is 16.5. The number of hydrogen-bond acceptors (Lipinski definition) is 4. The quantitative estimate of drug-likeness (QED) is 0.426. The van der Waals surface area contributed by atoms with E-state index in [9.17, 15) is 4.79 Å². The Kier molecular flexibility index (Phi) is 4.36. The fraction of sp³-hybridized carbons (Fsp3) is 0.917. The van der Waals surface area contributed by atoms with E-state index in [-0.39, 0.29) is 18.1 Å². The van der Waals surface area contributed by atoms with E-state index in [0.29, 0.717) is 6.04 Å². The van der Waals surface area contributed by atoms with Crippen LogP contribution in [0.1, 0.15) is 39.0 Å². The lowest BCUT2D eigenvalue weighted by atomic mass is 10.0. The van der Waals surface area contributed by atoms with Crippen LogP contribution < -0.4 is 11.3 Å². The minimum absolute atomic E-state index is 0.192. The number of nitrogens with one attached hydrogen (secondary N) is 1. The van der Waals surface area contributed by atoms with Gasteiger partial charge in [0.15, 0.2) is 0 Å². The largest absolute Gasteiger partial charge is 0.364 e. The normalized spacial score (nSPS) is 34.8. The highest BCUT2D eigenvalue weighted by Gasteiger charge is 2.32. The molecule has 2 heterocycles. The average molecular weight is 241 g/mol.